The highest BCUT2D eigenvalue weighted by Gasteiger charge is 2.17. The second kappa shape index (κ2) is 5.58. The van der Waals surface area contributed by atoms with Gasteiger partial charge < -0.3 is 5.32 Å². The predicted molar refractivity (Wildman–Crippen MR) is 73.3 cm³/mol. The molecule has 0 amide bonds. The highest BCUT2D eigenvalue weighted by atomic mass is 35.5. The summed E-state index contributed by atoms with van der Waals surface area (Å²) in [4.78, 5) is 0. The zero-order valence-corrected chi connectivity index (χ0v) is 12.0. The van der Waals surface area contributed by atoms with Gasteiger partial charge in [0.25, 0.3) is 0 Å². The highest BCUT2D eigenvalue weighted by molar-refractivity contribution is 7.99. The van der Waals surface area contributed by atoms with Crippen LogP contribution in [-0.4, -0.2) is 17.5 Å². The summed E-state index contributed by atoms with van der Waals surface area (Å²) in [6.07, 6.45) is 2.15. The molecule has 1 nitrogen and oxygen atoms in total. The lowest BCUT2D eigenvalue weighted by Crippen LogP contribution is -2.33. The number of hydrogen-bond donors (Lipinski definition) is 1. The van der Waals surface area contributed by atoms with Crippen LogP contribution in [0.4, 0.5) is 0 Å². The Morgan fingerprint density at radius 2 is 2.27 bits per heavy atom. The molecule has 1 rings (SSSR count). The van der Waals surface area contributed by atoms with E-state index < -0.39 is 0 Å². The van der Waals surface area contributed by atoms with Gasteiger partial charge >= 0.3 is 0 Å². The van der Waals surface area contributed by atoms with Gasteiger partial charge in [-0.1, -0.05) is 11.6 Å². The Morgan fingerprint density at radius 3 is 2.73 bits per heavy atom. The van der Waals surface area contributed by atoms with Crippen LogP contribution in [-0.2, 0) is 0 Å². The quantitative estimate of drug-likeness (QED) is 0.855. The van der Waals surface area contributed by atoms with Crippen LogP contribution in [0.3, 0.4) is 0 Å². The maximum atomic E-state index is 5.91. The van der Waals surface area contributed by atoms with Crippen LogP contribution >= 0.6 is 34.7 Å². The van der Waals surface area contributed by atoms with E-state index in [-0.39, 0.29) is 4.75 Å². The molecule has 0 aliphatic heterocycles. The van der Waals surface area contributed by atoms with Crippen LogP contribution in [0.2, 0.25) is 4.34 Å². The summed E-state index contributed by atoms with van der Waals surface area (Å²) >= 11 is 9.38. The largest absolute Gasteiger partial charge is 0.309 e. The molecule has 0 saturated heterocycles. The normalized spacial score (nSPS) is 14.2. The van der Waals surface area contributed by atoms with Crippen molar-refractivity contribution in [1.82, 2.24) is 5.32 Å². The summed E-state index contributed by atoms with van der Waals surface area (Å²) in [5, 5.41) is 5.65. The monoisotopic (exact) mass is 263 g/mol. The van der Waals surface area contributed by atoms with E-state index in [4.69, 9.17) is 11.6 Å². The van der Waals surface area contributed by atoms with Gasteiger partial charge in [-0.25, -0.2) is 0 Å². The van der Waals surface area contributed by atoms with Crippen LogP contribution in [0.1, 0.15) is 32.4 Å². The van der Waals surface area contributed by atoms with Gasteiger partial charge in [-0.15, -0.1) is 11.3 Å². The fraction of sp³-hybridized carbons (Fsp3) is 0.636. The number of halogens is 1. The molecule has 0 aromatic carbocycles. The first-order chi connectivity index (χ1) is 6.94. The van der Waals surface area contributed by atoms with Crippen LogP contribution in [0.5, 0.6) is 0 Å². The Morgan fingerprint density at radius 1 is 1.60 bits per heavy atom. The van der Waals surface area contributed by atoms with Gasteiger partial charge in [0.05, 0.1) is 4.34 Å². The van der Waals surface area contributed by atoms with E-state index in [0.717, 1.165) is 10.9 Å². The average Bonchev–Trinajstić information content (AvgIpc) is 2.61. The van der Waals surface area contributed by atoms with Crippen LogP contribution in [0, 0.1) is 0 Å². The first-order valence-electron chi connectivity index (χ1n) is 4.97. The Hall–Kier alpha value is 0.300. The van der Waals surface area contributed by atoms with Gasteiger partial charge in [0.1, 0.15) is 0 Å². The van der Waals surface area contributed by atoms with Gasteiger partial charge in [0, 0.05) is 17.3 Å². The minimum atomic E-state index is 0.286. The van der Waals surface area contributed by atoms with Gasteiger partial charge in [0.15, 0.2) is 0 Å². The van der Waals surface area contributed by atoms with Crippen molar-refractivity contribution < 1.29 is 0 Å². The molecule has 0 spiro atoms. The molecule has 4 heteroatoms. The third kappa shape index (κ3) is 4.35. The number of thiophene rings is 1. The van der Waals surface area contributed by atoms with Crippen molar-refractivity contribution in [3.05, 3.63) is 21.3 Å². The average molecular weight is 264 g/mol. The van der Waals surface area contributed by atoms with Gasteiger partial charge in [-0.05, 0) is 44.0 Å². The summed E-state index contributed by atoms with van der Waals surface area (Å²) < 4.78 is 1.15. The fourth-order valence-corrected chi connectivity index (χ4v) is 2.35. The van der Waals surface area contributed by atoms with Crippen LogP contribution < -0.4 is 5.32 Å². The van der Waals surface area contributed by atoms with Crippen molar-refractivity contribution in [2.24, 2.45) is 0 Å². The van der Waals surface area contributed by atoms with E-state index in [2.05, 4.69) is 37.7 Å². The molecule has 0 saturated carbocycles. The van der Waals surface area contributed by atoms with Gasteiger partial charge in [0.2, 0.25) is 0 Å². The molecule has 0 bridgehead atoms. The smallest absolute Gasteiger partial charge is 0.0931 e. The van der Waals surface area contributed by atoms with Crippen molar-refractivity contribution in [3.8, 4) is 0 Å². The summed E-state index contributed by atoms with van der Waals surface area (Å²) in [5.74, 6) is 0. The molecule has 86 valence electrons. The molecule has 1 aromatic rings. The minimum Gasteiger partial charge on any atom is -0.309 e. The van der Waals surface area contributed by atoms with Crippen molar-refractivity contribution in [1.29, 1.82) is 0 Å². The molecule has 0 fully saturated rings. The molecule has 1 aromatic heterocycles. The lowest BCUT2D eigenvalue weighted by atomic mass is 10.1. The molecular weight excluding hydrogens is 246 g/mol. The van der Waals surface area contributed by atoms with Crippen LogP contribution in [0.25, 0.3) is 0 Å². The molecular formula is C11H18ClNS2. The molecule has 0 aliphatic carbocycles. The molecule has 1 unspecified atom stereocenters. The first kappa shape index (κ1) is 13.4. The number of nitrogens with one attached hydrogen (secondary N) is 1. The summed E-state index contributed by atoms with van der Waals surface area (Å²) in [6, 6.07) is 2.41. The Labute approximate surface area is 106 Å². The topological polar surface area (TPSA) is 12.0 Å². The summed E-state index contributed by atoms with van der Waals surface area (Å²) in [6.45, 7) is 7.67. The first-order valence-corrected chi connectivity index (χ1v) is 7.45. The van der Waals surface area contributed by atoms with E-state index in [1.807, 2.05) is 17.8 Å². The fourth-order valence-electron chi connectivity index (χ4n) is 1.14. The zero-order valence-electron chi connectivity index (χ0n) is 9.63. The predicted octanol–water partition coefficient (Wildman–Crippen LogP) is 4.19. The number of hydrogen-bond acceptors (Lipinski definition) is 3. The summed E-state index contributed by atoms with van der Waals surface area (Å²) in [5.41, 5.74) is 1.28. The Kier molecular flexibility index (Phi) is 4.97. The van der Waals surface area contributed by atoms with Crippen molar-refractivity contribution in [3.63, 3.8) is 0 Å². The van der Waals surface area contributed by atoms with Crippen LogP contribution in [0.15, 0.2) is 11.4 Å². The second-order valence-corrected chi connectivity index (χ2v) is 7.31. The van der Waals surface area contributed by atoms with E-state index in [9.17, 15) is 0 Å². The molecule has 15 heavy (non-hydrogen) atoms. The molecule has 1 heterocycles. The Balaban J connectivity index is 2.46. The second-order valence-electron chi connectivity index (χ2n) is 4.25. The highest BCUT2D eigenvalue weighted by Crippen LogP contribution is 2.26. The minimum absolute atomic E-state index is 0.286. The lowest BCUT2D eigenvalue weighted by Gasteiger charge is -2.24. The van der Waals surface area contributed by atoms with E-state index in [0.29, 0.717) is 6.04 Å². The lowest BCUT2D eigenvalue weighted by molar-refractivity contribution is 0.523. The zero-order chi connectivity index (χ0) is 11.5. The SMILES string of the molecule is CSC(C)(C)CNC(C)c1csc(Cl)c1. The maximum absolute atomic E-state index is 5.91. The van der Waals surface area contributed by atoms with Crippen molar-refractivity contribution in [2.75, 3.05) is 12.8 Å². The maximum Gasteiger partial charge on any atom is 0.0931 e. The molecule has 0 aliphatic rings. The van der Waals surface area contributed by atoms with E-state index >= 15 is 0 Å². The van der Waals surface area contributed by atoms with Crippen molar-refractivity contribution >= 4 is 34.7 Å². The molecule has 1 N–H and O–H groups in total. The number of thioether (sulfide) groups is 1. The van der Waals surface area contributed by atoms with E-state index in [1.165, 1.54) is 5.56 Å². The van der Waals surface area contributed by atoms with Gasteiger partial charge in [-0.3, -0.25) is 0 Å². The number of rotatable bonds is 5. The third-order valence-electron chi connectivity index (χ3n) is 2.47. The standard InChI is InChI=1S/C11H18ClNS2/c1-8(9-5-10(12)15-6-9)13-7-11(2,3)14-4/h5-6,8,13H,7H2,1-4H3. The summed E-state index contributed by atoms with van der Waals surface area (Å²) in [7, 11) is 0. The third-order valence-corrected chi connectivity index (χ3v) is 4.83. The molecule has 0 radical (unpaired) electrons. The Bertz CT molecular complexity index is 309. The van der Waals surface area contributed by atoms with Gasteiger partial charge in [-0.2, -0.15) is 11.8 Å². The van der Waals surface area contributed by atoms with E-state index in [1.54, 1.807) is 11.3 Å². The molecule has 1 atom stereocenters. The van der Waals surface area contributed by atoms with Crippen molar-refractivity contribution in [2.45, 2.75) is 31.6 Å².